The second kappa shape index (κ2) is 4.23. The summed E-state index contributed by atoms with van der Waals surface area (Å²) in [5.74, 6) is -0.296. The van der Waals surface area contributed by atoms with Gasteiger partial charge in [0.25, 0.3) is 0 Å². The molecule has 0 aliphatic carbocycles. The topological polar surface area (TPSA) is 29.5 Å². The molecule has 82 valence electrons. The summed E-state index contributed by atoms with van der Waals surface area (Å²) in [6.45, 7) is 0. The van der Waals surface area contributed by atoms with E-state index < -0.39 is 5.82 Å². The zero-order valence-corrected chi connectivity index (χ0v) is 8.77. The van der Waals surface area contributed by atoms with Crippen LogP contribution in [0.15, 0.2) is 42.5 Å². The zero-order chi connectivity index (χ0) is 11.5. The van der Waals surface area contributed by atoms with Crippen LogP contribution >= 0.6 is 0 Å². The summed E-state index contributed by atoms with van der Waals surface area (Å²) in [6, 6.07) is 11.6. The molecule has 0 atom stereocenters. The average Bonchev–Trinajstić information content (AvgIpc) is 2.32. The normalized spacial score (nSPS) is 10.1. The molecule has 2 rings (SSSR count). The predicted molar refractivity (Wildman–Crippen MR) is 60.1 cm³/mol. The van der Waals surface area contributed by atoms with Crippen LogP contribution in [0.25, 0.3) is 11.1 Å². The number of hydrogen-bond donors (Lipinski definition) is 1. The summed E-state index contributed by atoms with van der Waals surface area (Å²) in [6.07, 6.45) is 0. The summed E-state index contributed by atoms with van der Waals surface area (Å²) < 4.78 is 18.1. The van der Waals surface area contributed by atoms with Crippen molar-refractivity contribution >= 4 is 0 Å². The molecule has 0 unspecified atom stereocenters. The molecule has 3 heteroatoms. The lowest BCUT2D eigenvalue weighted by Crippen LogP contribution is -1.87. The van der Waals surface area contributed by atoms with E-state index in [4.69, 9.17) is 4.74 Å². The SMILES string of the molecule is COc1ccccc1-c1ccc(F)c(O)c1. The van der Waals surface area contributed by atoms with Gasteiger partial charge in [-0.25, -0.2) is 4.39 Å². The van der Waals surface area contributed by atoms with Crippen molar-refractivity contribution in [2.45, 2.75) is 0 Å². The van der Waals surface area contributed by atoms with Crippen LogP contribution in [0.2, 0.25) is 0 Å². The number of para-hydroxylation sites is 1. The van der Waals surface area contributed by atoms with Gasteiger partial charge in [0.2, 0.25) is 0 Å². The Bertz CT molecular complexity index is 509. The van der Waals surface area contributed by atoms with E-state index >= 15 is 0 Å². The van der Waals surface area contributed by atoms with Crippen molar-refractivity contribution in [3.8, 4) is 22.6 Å². The van der Waals surface area contributed by atoms with E-state index in [0.717, 1.165) is 11.1 Å². The predicted octanol–water partition coefficient (Wildman–Crippen LogP) is 3.21. The van der Waals surface area contributed by atoms with Gasteiger partial charge in [0.1, 0.15) is 5.75 Å². The number of ether oxygens (including phenoxy) is 1. The average molecular weight is 218 g/mol. The molecule has 2 aromatic rings. The van der Waals surface area contributed by atoms with E-state index in [1.807, 2.05) is 24.3 Å². The Morgan fingerprint density at radius 2 is 1.88 bits per heavy atom. The van der Waals surface area contributed by atoms with E-state index in [-0.39, 0.29) is 5.75 Å². The fourth-order valence-corrected chi connectivity index (χ4v) is 1.56. The monoisotopic (exact) mass is 218 g/mol. The molecule has 0 aliphatic heterocycles. The van der Waals surface area contributed by atoms with Crippen molar-refractivity contribution in [1.29, 1.82) is 0 Å². The first-order valence-corrected chi connectivity index (χ1v) is 4.84. The summed E-state index contributed by atoms with van der Waals surface area (Å²) in [4.78, 5) is 0. The highest BCUT2D eigenvalue weighted by atomic mass is 19.1. The third-order valence-corrected chi connectivity index (χ3v) is 2.36. The lowest BCUT2D eigenvalue weighted by molar-refractivity contribution is 0.416. The molecule has 2 aromatic carbocycles. The summed E-state index contributed by atoms with van der Waals surface area (Å²) in [5.41, 5.74) is 1.54. The van der Waals surface area contributed by atoms with Crippen molar-refractivity contribution in [2.75, 3.05) is 7.11 Å². The van der Waals surface area contributed by atoms with Gasteiger partial charge >= 0.3 is 0 Å². The molecule has 0 saturated carbocycles. The molecular formula is C13H11FO2. The number of hydrogen-bond acceptors (Lipinski definition) is 2. The van der Waals surface area contributed by atoms with Crippen molar-refractivity contribution in [2.24, 2.45) is 0 Å². The molecular weight excluding hydrogens is 207 g/mol. The first kappa shape index (κ1) is 10.5. The molecule has 0 bridgehead atoms. The van der Waals surface area contributed by atoms with Gasteiger partial charge in [0.15, 0.2) is 11.6 Å². The van der Waals surface area contributed by atoms with E-state index in [0.29, 0.717) is 5.75 Å². The van der Waals surface area contributed by atoms with Gasteiger partial charge in [0, 0.05) is 5.56 Å². The smallest absolute Gasteiger partial charge is 0.164 e. The number of rotatable bonds is 2. The van der Waals surface area contributed by atoms with E-state index in [1.165, 1.54) is 12.1 Å². The summed E-state index contributed by atoms with van der Waals surface area (Å²) in [5, 5.41) is 9.31. The molecule has 0 heterocycles. The Labute approximate surface area is 92.9 Å². The molecule has 0 spiro atoms. The van der Waals surface area contributed by atoms with Gasteiger partial charge in [-0.05, 0) is 23.8 Å². The molecule has 1 N–H and O–H groups in total. The number of phenols is 1. The first-order chi connectivity index (χ1) is 7.72. The van der Waals surface area contributed by atoms with Crippen molar-refractivity contribution < 1.29 is 14.2 Å². The van der Waals surface area contributed by atoms with Gasteiger partial charge in [-0.1, -0.05) is 24.3 Å². The van der Waals surface area contributed by atoms with Crippen LogP contribution in [0.3, 0.4) is 0 Å². The second-order valence-electron chi connectivity index (χ2n) is 3.37. The number of methoxy groups -OCH3 is 1. The Morgan fingerprint density at radius 3 is 2.56 bits per heavy atom. The van der Waals surface area contributed by atoms with Crippen molar-refractivity contribution in [1.82, 2.24) is 0 Å². The van der Waals surface area contributed by atoms with Crippen molar-refractivity contribution in [3.05, 3.63) is 48.3 Å². The number of aromatic hydroxyl groups is 1. The summed E-state index contributed by atoms with van der Waals surface area (Å²) in [7, 11) is 1.57. The second-order valence-corrected chi connectivity index (χ2v) is 3.37. The fourth-order valence-electron chi connectivity index (χ4n) is 1.56. The molecule has 0 radical (unpaired) electrons. The van der Waals surface area contributed by atoms with Crippen LogP contribution in [0.5, 0.6) is 11.5 Å². The molecule has 0 aliphatic rings. The molecule has 0 aromatic heterocycles. The van der Waals surface area contributed by atoms with Crippen LogP contribution < -0.4 is 4.74 Å². The van der Waals surface area contributed by atoms with Crippen LogP contribution in [0.4, 0.5) is 4.39 Å². The molecule has 16 heavy (non-hydrogen) atoms. The Hall–Kier alpha value is -2.03. The van der Waals surface area contributed by atoms with Crippen molar-refractivity contribution in [3.63, 3.8) is 0 Å². The largest absolute Gasteiger partial charge is 0.505 e. The van der Waals surface area contributed by atoms with Crippen LogP contribution in [-0.2, 0) is 0 Å². The Kier molecular flexibility index (Phi) is 2.77. The highest BCUT2D eigenvalue weighted by Gasteiger charge is 2.07. The number of halogens is 1. The van der Waals surface area contributed by atoms with Crippen LogP contribution in [0, 0.1) is 5.82 Å². The first-order valence-electron chi connectivity index (χ1n) is 4.84. The van der Waals surface area contributed by atoms with E-state index in [2.05, 4.69) is 0 Å². The highest BCUT2D eigenvalue weighted by Crippen LogP contribution is 2.32. The molecule has 2 nitrogen and oxygen atoms in total. The number of phenolic OH excluding ortho intramolecular Hbond substituents is 1. The minimum Gasteiger partial charge on any atom is -0.505 e. The maximum Gasteiger partial charge on any atom is 0.164 e. The zero-order valence-electron chi connectivity index (χ0n) is 8.77. The van der Waals surface area contributed by atoms with Gasteiger partial charge in [-0.2, -0.15) is 0 Å². The van der Waals surface area contributed by atoms with Crippen LogP contribution in [-0.4, -0.2) is 12.2 Å². The van der Waals surface area contributed by atoms with Gasteiger partial charge < -0.3 is 9.84 Å². The quantitative estimate of drug-likeness (QED) is 0.838. The third-order valence-electron chi connectivity index (χ3n) is 2.36. The minimum atomic E-state index is -0.626. The lowest BCUT2D eigenvalue weighted by Gasteiger charge is -2.08. The molecule has 0 amide bonds. The minimum absolute atomic E-state index is 0.358. The van der Waals surface area contributed by atoms with E-state index in [1.54, 1.807) is 13.2 Å². The Morgan fingerprint density at radius 1 is 1.12 bits per heavy atom. The maximum atomic E-state index is 12.9. The summed E-state index contributed by atoms with van der Waals surface area (Å²) >= 11 is 0. The third kappa shape index (κ3) is 1.84. The van der Waals surface area contributed by atoms with Gasteiger partial charge in [-0.15, -0.1) is 0 Å². The standard InChI is InChI=1S/C13H11FO2/c1-16-13-5-3-2-4-10(13)9-6-7-11(14)12(15)8-9/h2-8,15H,1H3. The van der Waals surface area contributed by atoms with Gasteiger partial charge in [0.05, 0.1) is 7.11 Å². The van der Waals surface area contributed by atoms with Gasteiger partial charge in [-0.3, -0.25) is 0 Å². The number of benzene rings is 2. The molecule has 0 saturated heterocycles. The van der Waals surface area contributed by atoms with Crippen LogP contribution in [0.1, 0.15) is 0 Å². The maximum absolute atomic E-state index is 12.9. The Balaban J connectivity index is 2.54. The highest BCUT2D eigenvalue weighted by molar-refractivity contribution is 5.71. The van der Waals surface area contributed by atoms with E-state index in [9.17, 15) is 9.50 Å². The fraction of sp³-hybridized carbons (Fsp3) is 0.0769. The lowest BCUT2D eigenvalue weighted by atomic mass is 10.0. The molecule has 0 fully saturated rings.